The smallest absolute Gasteiger partial charge is 0.121 e. The van der Waals surface area contributed by atoms with E-state index in [1.54, 1.807) is 0 Å². The van der Waals surface area contributed by atoms with Crippen molar-refractivity contribution >= 4 is 5.69 Å². The van der Waals surface area contributed by atoms with Crippen LogP contribution in [0.15, 0.2) is 24.3 Å². The summed E-state index contributed by atoms with van der Waals surface area (Å²) in [7, 11) is 4.03. The van der Waals surface area contributed by atoms with Gasteiger partial charge in [0, 0.05) is 31.9 Å². The van der Waals surface area contributed by atoms with Crippen LogP contribution in [0.3, 0.4) is 0 Å². The largest absolute Gasteiger partial charge is 0.492 e. The van der Waals surface area contributed by atoms with Crippen LogP contribution in [-0.4, -0.2) is 26.7 Å². The molecule has 0 bridgehead atoms. The minimum atomic E-state index is 0.0861. The second-order valence-corrected chi connectivity index (χ2v) is 4.61. The van der Waals surface area contributed by atoms with Gasteiger partial charge in [0.25, 0.3) is 0 Å². The molecule has 0 unspecified atom stereocenters. The van der Waals surface area contributed by atoms with Crippen molar-refractivity contribution in [3.63, 3.8) is 0 Å². The van der Waals surface area contributed by atoms with Gasteiger partial charge in [0.15, 0.2) is 0 Å². The fourth-order valence-electron chi connectivity index (χ4n) is 1.24. The Morgan fingerprint density at radius 3 is 2.56 bits per heavy atom. The van der Waals surface area contributed by atoms with E-state index in [0.717, 1.165) is 11.4 Å². The Hall–Kier alpha value is -1.22. The van der Waals surface area contributed by atoms with Crippen molar-refractivity contribution in [1.29, 1.82) is 0 Å². The molecule has 3 heteroatoms. The van der Waals surface area contributed by atoms with E-state index in [2.05, 4.69) is 24.8 Å². The molecule has 1 rings (SSSR count). The van der Waals surface area contributed by atoms with Gasteiger partial charge in [0.05, 0.1) is 0 Å². The van der Waals surface area contributed by atoms with Gasteiger partial charge >= 0.3 is 0 Å². The van der Waals surface area contributed by atoms with E-state index in [1.807, 2.05) is 32.3 Å². The van der Waals surface area contributed by atoms with Crippen LogP contribution >= 0.6 is 0 Å². The lowest BCUT2D eigenvalue weighted by atomic mass is 10.1. The van der Waals surface area contributed by atoms with E-state index >= 15 is 0 Å². The third-order valence-electron chi connectivity index (χ3n) is 2.63. The summed E-state index contributed by atoms with van der Waals surface area (Å²) in [4.78, 5) is 2.05. The van der Waals surface area contributed by atoms with Crippen LogP contribution in [-0.2, 0) is 0 Å². The van der Waals surface area contributed by atoms with Crippen LogP contribution in [0, 0.1) is 5.92 Å². The summed E-state index contributed by atoms with van der Waals surface area (Å²) < 4.78 is 5.67. The molecule has 16 heavy (non-hydrogen) atoms. The van der Waals surface area contributed by atoms with Gasteiger partial charge in [-0.3, -0.25) is 0 Å². The molecule has 2 N–H and O–H groups in total. The maximum atomic E-state index is 5.93. The molecular formula is C13H22N2O. The van der Waals surface area contributed by atoms with E-state index in [1.165, 1.54) is 0 Å². The molecule has 0 fully saturated rings. The highest BCUT2D eigenvalue weighted by molar-refractivity contribution is 5.49. The first kappa shape index (κ1) is 12.8. The molecule has 1 aromatic carbocycles. The molecule has 1 atom stereocenters. The second-order valence-electron chi connectivity index (χ2n) is 4.61. The maximum absolute atomic E-state index is 5.93. The first-order valence-corrected chi connectivity index (χ1v) is 5.66. The Balaban J connectivity index is 2.57. The Kier molecular flexibility index (Phi) is 4.62. The quantitative estimate of drug-likeness (QED) is 0.829. The lowest BCUT2D eigenvalue weighted by Gasteiger charge is -2.18. The highest BCUT2D eigenvalue weighted by Crippen LogP contribution is 2.19. The number of hydrogen-bond donors (Lipinski definition) is 1. The van der Waals surface area contributed by atoms with Crippen LogP contribution in [0.2, 0.25) is 0 Å². The minimum Gasteiger partial charge on any atom is -0.492 e. The molecule has 0 aromatic heterocycles. The fourth-order valence-corrected chi connectivity index (χ4v) is 1.24. The van der Waals surface area contributed by atoms with Crippen LogP contribution in [0.5, 0.6) is 5.75 Å². The summed E-state index contributed by atoms with van der Waals surface area (Å²) in [5, 5.41) is 0. The molecule has 0 saturated carbocycles. The van der Waals surface area contributed by atoms with Gasteiger partial charge in [-0.2, -0.15) is 0 Å². The summed E-state index contributed by atoms with van der Waals surface area (Å²) >= 11 is 0. The summed E-state index contributed by atoms with van der Waals surface area (Å²) in [6.07, 6.45) is 0. The Bertz CT molecular complexity index is 323. The normalized spacial score (nSPS) is 12.6. The molecule has 0 saturated heterocycles. The number of anilines is 1. The third kappa shape index (κ3) is 3.74. The van der Waals surface area contributed by atoms with Crippen LogP contribution in [0.25, 0.3) is 0 Å². The monoisotopic (exact) mass is 222 g/mol. The molecule has 1 aromatic rings. The highest BCUT2D eigenvalue weighted by Gasteiger charge is 2.08. The van der Waals surface area contributed by atoms with E-state index in [-0.39, 0.29) is 6.04 Å². The second kappa shape index (κ2) is 5.75. The molecule has 0 radical (unpaired) electrons. The van der Waals surface area contributed by atoms with E-state index in [4.69, 9.17) is 10.5 Å². The van der Waals surface area contributed by atoms with Crippen LogP contribution in [0.1, 0.15) is 13.8 Å². The fraction of sp³-hybridized carbons (Fsp3) is 0.538. The van der Waals surface area contributed by atoms with Crippen LogP contribution in [0.4, 0.5) is 5.69 Å². The van der Waals surface area contributed by atoms with Crippen molar-refractivity contribution in [3.8, 4) is 5.75 Å². The summed E-state index contributed by atoms with van der Waals surface area (Å²) in [5.41, 5.74) is 7.06. The summed E-state index contributed by atoms with van der Waals surface area (Å²) in [6, 6.07) is 8.11. The molecule has 0 amide bonds. The lowest BCUT2D eigenvalue weighted by molar-refractivity contribution is 0.259. The van der Waals surface area contributed by atoms with Gasteiger partial charge in [-0.1, -0.05) is 19.9 Å². The zero-order valence-electron chi connectivity index (χ0n) is 10.6. The summed E-state index contributed by atoms with van der Waals surface area (Å²) in [5.74, 6) is 1.32. The van der Waals surface area contributed by atoms with Crippen LogP contribution < -0.4 is 15.4 Å². The van der Waals surface area contributed by atoms with E-state index < -0.39 is 0 Å². The van der Waals surface area contributed by atoms with E-state index in [9.17, 15) is 0 Å². The topological polar surface area (TPSA) is 38.5 Å². The molecule has 0 heterocycles. The molecule has 3 nitrogen and oxygen atoms in total. The lowest BCUT2D eigenvalue weighted by Crippen LogP contribution is -2.33. The Morgan fingerprint density at radius 1 is 1.31 bits per heavy atom. The van der Waals surface area contributed by atoms with Crippen molar-refractivity contribution in [2.75, 3.05) is 25.6 Å². The van der Waals surface area contributed by atoms with Crippen molar-refractivity contribution < 1.29 is 4.74 Å². The number of hydrogen-bond acceptors (Lipinski definition) is 3. The zero-order chi connectivity index (χ0) is 12.1. The van der Waals surface area contributed by atoms with Gasteiger partial charge in [0.1, 0.15) is 12.4 Å². The first-order chi connectivity index (χ1) is 7.50. The van der Waals surface area contributed by atoms with Crippen molar-refractivity contribution in [2.45, 2.75) is 19.9 Å². The molecule has 0 spiro atoms. The number of nitrogens with zero attached hydrogens (tertiary/aromatic N) is 1. The van der Waals surface area contributed by atoms with Gasteiger partial charge in [-0.05, 0) is 18.1 Å². The third-order valence-corrected chi connectivity index (χ3v) is 2.63. The average molecular weight is 222 g/mol. The Morgan fingerprint density at radius 2 is 2.00 bits per heavy atom. The zero-order valence-corrected chi connectivity index (χ0v) is 10.6. The van der Waals surface area contributed by atoms with Crippen molar-refractivity contribution in [2.24, 2.45) is 11.7 Å². The molecule has 0 aliphatic rings. The maximum Gasteiger partial charge on any atom is 0.121 e. The van der Waals surface area contributed by atoms with Gasteiger partial charge in [-0.25, -0.2) is 0 Å². The van der Waals surface area contributed by atoms with Gasteiger partial charge in [0.2, 0.25) is 0 Å². The van der Waals surface area contributed by atoms with Crippen molar-refractivity contribution in [3.05, 3.63) is 24.3 Å². The predicted octanol–water partition coefficient (Wildman–Crippen LogP) is 2.11. The number of nitrogens with two attached hydrogens (primary N) is 1. The highest BCUT2D eigenvalue weighted by atomic mass is 16.5. The predicted molar refractivity (Wildman–Crippen MR) is 69.1 cm³/mol. The summed E-state index contributed by atoms with van der Waals surface area (Å²) in [6.45, 7) is 4.77. The number of rotatable bonds is 5. The molecule has 0 aliphatic heterocycles. The molecular weight excluding hydrogens is 200 g/mol. The first-order valence-electron chi connectivity index (χ1n) is 5.66. The van der Waals surface area contributed by atoms with Gasteiger partial charge in [-0.15, -0.1) is 0 Å². The molecule has 90 valence electrons. The minimum absolute atomic E-state index is 0.0861. The average Bonchev–Trinajstić information content (AvgIpc) is 2.26. The SMILES string of the molecule is CC(C)[C@H](N)COc1cccc(N(C)C)c1. The van der Waals surface area contributed by atoms with E-state index in [0.29, 0.717) is 12.5 Å². The van der Waals surface area contributed by atoms with Gasteiger partial charge < -0.3 is 15.4 Å². The number of ether oxygens (including phenoxy) is 1. The van der Waals surface area contributed by atoms with Crippen molar-refractivity contribution in [1.82, 2.24) is 0 Å². The standard InChI is InChI=1S/C13H22N2O/c1-10(2)13(14)9-16-12-7-5-6-11(8-12)15(3)4/h5-8,10,13H,9,14H2,1-4H3/t13-/m1/s1. The molecule has 0 aliphatic carbocycles. The Labute approximate surface area is 98.2 Å². The number of benzene rings is 1.